The van der Waals surface area contributed by atoms with Gasteiger partial charge in [-0.2, -0.15) is 0 Å². The standard InChI is InChI=1S/C13H16N2O2S/c16-11-13(6-2-1-3-7-13)15(12(17)14-11)9-10-5-4-8-18-10/h4-5,8H,1-3,6-7,9H2,(H,14,16,17). The molecule has 2 fully saturated rings. The molecule has 1 aromatic rings. The van der Waals surface area contributed by atoms with E-state index in [9.17, 15) is 9.59 Å². The second kappa shape index (κ2) is 4.39. The Balaban J connectivity index is 1.89. The van der Waals surface area contributed by atoms with E-state index < -0.39 is 5.54 Å². The summed E-state index contributed by atoms with van der Waals surface area (Å²) in [7, 11) is 0. The summed E-state index contributed by atoms with van der Waals surface area (Å²) in [4.78, 5) is 27.0. The van der Waals surface area contributed by atoms with Crippen molar-refractivity contribution in [2.45, 2.75) is 44.2 Å². The average Bonchev–Trinajstić information content (AvgIpc) is 2.95. The second-order valence-corrected chi connectivity index (χ2v) is 6.05. The van der Waals surface area contributed by atoms with Crippen LogP contribution in [0.2, 0.25) is 0 Å². The molecular weight excluding hydrogens is 248 g/mol. The third-order valence-corrected chi connectivity index (χ3v) is 4.84. The molecule has 1 aliphatic carbocycles. The number of thiophene rings is 1. The lowest BCUT2D eigenvalue weighted by molar-refractivity contribution is -0.128. The normalized spacial score (nSPS) is 22.6. The highest BCUT2D eigenvalue weighted by Gasteiger charge is 2.52. The number of nitrogens with zero attached hydrogens (tertiary/aromatic N) is 1. The van der Waals surface area contributed by atoms with Gasteiger partial charge in [0, 0.05) is 4.88 Å². The summed E-state index contributed by atoms with van der Waals surface area (Å²) >= 11 is 1.63. The Hall–Kier alpha value is -1.36. The summed E-state index contributed by atoms with van der Waals surface area (Å²) < 4.78 is 0. The summed E-state index contributed by atoms with van der Waals surface area (Å²) in [6.07, 6.45) is 4.82. The Morgan fingerprint density at radius 3 is 2.72 bits per heavy atom. The summed E-state index contributed by atoms with van der Waals surface area (Å²) in [5.74, 6) is -0.0937. The highest BCUT2D eigenvalue weighted by atomic mass is 32.1. The third kappa shape index (κ3) is 1.73. The molecule has 1 aromatic heterocycles. The second-order valence-electron chi connectivity index (χ2n) is 5.02. The SMILES string of the molecule is O=C1NC(=O)C2(CCCCC2)N1Cc1cccs1. The Bertz CT molecular complexity index is 463. The van der Waals surface area contributed by atoms with Crippen molar-refractivity contribution in [1.82, 2.24) is 10.2 Å². The molecule has 1 saturated heterocycles. The number of nitrogens with one attached hydrogen (secondary N) is 1. The van der Waals surface area contributed by atoms with Crippen LogP contribution in [0.1, 0.15) is 37.0 Å². The van der Waals surface area contributed by atoms with Crippen LogP contribution in [0.15, 0.2) is 17.5 Å². The van der Waals surface area contributed by atoms with Crippen molar-refractivity contribution >= 4 is 23.3 Å². The zero-order valence-electron chi connectivity index (χ0n) is 10.1. The highest BCUT2D eigenvalue weighted by molar-refractivity contribution is 7.09. The van der Waals surface area contributed by atoms with Gasteiger partial charge in [-0.3, -0.25) is 10.1 Å². The van der Waals surface area contributed by atoms with Crippen LogP contribution in [0.4, 0.5) is 4.79 Å². The molecule has 18 heavy (non-hydrogen) atoms. The largest absolute Gasteiger partial charge is 0.325 e. The van der Waals surface area contributed by atoms with E-state index in [1.54, 1.807) is 16.2 Å². The molecule has 0 aromatic carbocycles. The molecule has 2 heterocycles. The molecule has 0 radical (unpaired) electrons. The molecule has 3 rings (SSSR count). The fraction of sp³-hybridized carbons (Fsp3) is 0.538. The molecular formula is C13H16N2O2S. The smallest absolute Gasteiger partial charge is 0.305 e. The van der Waals surface area contributed by atoms with Gasteiger partial charge in [0.05, 0.1) is 6.54 Å². The lowest BCUT2D eigenvalue weighted by Crippen LogP contribution is -2.50. The van der Waals surface area contributed by atoms with Gasteiger partial charge in [-0.05, 0) is 24.3 Å². The van der Waals surface area contributed by atoms with Crippen LogP contribution in [0.3, 0.4) is 0 Å². The van der Waals surface area contributed by atoms with Crippen LogP contribution in [0.25, 0.3) is 0 Å². The van der Waals surface area contributed by atoms with Crippen molar-refractivity contribution < 1.29 is 9.59 Å². The maximum Gasteiger partial charge on any atom is 0.325 e. The molecule has 1 aliphatic heterocycles. The fourth-order valence-corrected chi connectivity index (χ4v) is 3.71. The highest BCUT2D eigenvalue weighted by Crippen LogP contribution is 2.38. The first-order valence-corrected chi connectivity index (χ1v) is 7.26. The van der Waals surface area contributed by atoms with Gasteiger partial charge in [-0.15, -0.1) is 11.3 Å². The topological polar surface area (TPSA) is 49.4 Å². The number of imide groups is 1. The Labute approximate surface area is 110 Å². The molecule has 0 unspecified atom stereocenters. The number of hydrogen-bond acceptors (Lipinski definition) is 3. The van der Waals surface area contributed by atoms with E-state index >= 15 is 0 Å². The van der Waals surface area contributed by atoms with Crippen molar-refractivity contribution in [3.05, 3.63) is 22.4 Å². The molecule has 1 saturated carbocycles. The third-order valence-electron chi connectivity index (χ3n) is 3.98. The van der Waals surface area contributed by atoms with E-state index in [4.69, 9.17) is 0 Å². The van der Waals surface area contributed by atoms with Gasteiger partial charge in [0.25, 0.3) is 5.91 Å². The van der Waals surface area contributed by atoms with Crippen LogP contribution in [-0.2, 0) is 11.3 Å². The first kappa shape index (κ1) is 11.7. The quantitative estimate of drug-likeness (QED) is 0.834. The predicted octanol–water partition coefficient (Wildman–Crippen LogP) is 2.50. The van der Waals surface area contributed by atoms with Gasteiger partial charge in [-0.1, -0.05) is 25.3 Å². The lowest BCUT2D eigenvalue weighted by Gasteiger charge is -2.38. The molecule has 3 amide bonds. The van der Waals surface area contributed by atoms with Crippen molar-refractivity contribution in [3.63, 3.8) is 0 Å². The minimum absolute atomic E-state index is 0.0937. The number of amides is 3. The summed E-state index contributed by atoms with van der Waals surface area (Å²) in [5, 5.41) is 4.49. The monoisotopic (exact) mass is 264 g/mol. The fourth-order valence-electron chi connectivity index (χ4n) is 3.01. The van der Waals surface area contributed by atoms with Gasteiger partial charge in [0.2, 0.25) is 0 Å². The van der Waals surface area contributed by atoms with E-state index in [-0.39, 0.29) is 11.9 Å². The van der Waals surface area contributed by atoms with Gasteiger partial charge in [0.15, 0.2) is 0 Å². The molecule has 4 nitrogen and oxygen atoms in total. The number of carbonyl (C=O) groups excluding carboxylic acids is 2. The molecule has 1 N–H and O–H groups in total. The number of carbonyl (C=O) groups is 2. The van der Waals surface area contributed by atoms with Crippen molar-refractivity contribution in [3.8, 4) is 0 Å². The molecule has 5 heteroatoms. The lowest BCUT2D eigenvalue weighted by atomic mass is 9.80. The Morgan fingerprint density at radius 2 is 2.06 bits per heavy atom. The van der Waals surface area contributed by atoms with Crippen LogP contribution in [-0.4, -0.2) is 22.4 Å². The summed E-state index contributed by atoms with van der Waals surface area (Å²) in [6.45, 7) is 0.551. The van der Waals surface area contributed by atoms with E-state index in [0.717, 1.165) is 37.0 Å². The molecule has 0 atom stereocenters. The van der Waals surface area contributed by atoms with E-state index in [1.165, 1.54) is 0 Å². The van der Waals surface area contributed by atoms with Gasteiger partial charge >= 0.3 is 6.03 Å². The molecule has 1 spiro atoms. The van der Waals surface area contributed by atoms with Crippen LogP contribution in [0, 0.1) is 0 Å². The summed E-state index contributed by atoms with van der Waals surface area (Å²) in [6, 6.07) is 3.76. The van der Waals surface area contributed by atoms with E-state index in [0.29, 0.717) is 6.54 Å². The van der Waals surface area contributed by atoms with Crippen LogP contribution < -0.4 is 5.32 Å². The van der Waals surface area contributed by atoms with E-state index in [2.05, 4.69) is 5.32 Å². The van der Waals surface area contributed by atoms with Crippen molar-refractivity contribution in [1.29, 1.82) is 0 Å². The maximum absolute atomic E-state index is 12.1. The first-order chi connectivity index (χ1) is 8.72. The van der Waals surface area contributed by atoms with Crippen LogP contribution in [0.5, 0.6) is 0 Å². The zero-order valence-corrected chi connectivity index (χ0v) is 11.0. The maximum atomic E-state index is 12.1. The Kier molecular flexibility index (Phi) is 2.86. The molecule has 2 aliphatic rings. The average molecular weight is 264 g/mol. The minimum Gasteiger partial charge on any atom is -0.305 e. The van der Waals surface area contributed by atoms with Crippen LogP contribution >= 0.6 is 11.3 Å². The number of hydrogen-bond donors (Lipinski definition) is 1. The van der Waals surface area contributed by atoms with Gasteiger partial charge in [-0.25, -0.2) is 4.79 Å². The van der Waals surface area contributed by atoms with E-state index in [1.807, 2.05) is 17.5 Å². The van der Waals surface area contributed by atoms with Crippen molar-refractivity contribution in [2.24, 2.45) is 0 Å². The first-order valence-electron chi connectivity index (χ1n) is 6.38. The summed E-state index contributed by atoms with van der Waals surface area (Å²) in [5.41, 5.74) is -0.570. The van der Waals surface area contributed by atoms with Gasteiger partial charge in [0.1, 0.15) is 5.54 Å². The molecule has 0 bridgehead atoms. The predicted molar refractivity (Wildman–Crippen MR) is 69.2 cm³/mol. The number of urea groups is 1. The molecule has 96 valence electrons. The van der Waals surface area contributed by atoms with Gasteiger partial charge < -0.3 is 4.90 Å². The minimum atomic E-state index is -0.570. The number of rotatable bonds is 2. The zero-order chi connectivity index (χ0) is 12.6. The Morgan fingerprint density at radius 1 is 1.28 bits per heavy atom. The van der Waals surface area contributed by atoms with Crippen molar-refractivity contribution in [2.75, 3.05) is 0 Å².